The second-order valence-corrected chi connectivity index (χ2v) is 8.09. The molecule has 0 aromatic rings. The topological polar surface area (TPSA) is 0 Å². The Bertz CT molecular complexity index is 122. The highest BCUT2D eigenvalue weighted by Crippen LogP contribution is 2.40. The van der Waals surface area contributed by atoms with Crippen molar-refractivity contribution in [2.45, 2.75) is 29.3 Å². The van der Waals surface area contributed by atoms with Crippen LogP contribution in [0.25, 0.3) is 0 Å². The number of halogens is 3. The van der Waals surface area contributed by atoms with E-state index in [1.165, 1.54) is 0 Å². The highest BCUT2D eigenvalue weighted by Gasteiger charge is 2.27. The molecule has 5 heteroatoms. The van der Waals surface area contributed by atoms with Crippen molar-refractivity contribution < 1.29 is 0 Å². The van der Waals surface area contributed by atoms with Crippen LogP contribution in [0.3, 0.4) is 0 Å². The first-order chi connectivity index (χ1) is 5.37. The van der Waals surface area contributed by atoms with Gasteiger partial charge in [-0.25, -0.2) is 0 Å². The lowest BCUT2D eigenvalue weighted by molar-refractivity contribution is 0.581. The van der Waals surface area contributed by atoms with Gasteiger partial charge in [0.1, 0.15) is 0 Å². The van der Waals surface area contributed by atoms with Crippen molar-refractivity contribution in [1.29, 1.82) is 0 Å². The summed E-state index contributed by atoms with van der Waals surface area (Å²) < 4.78 is -1.11. The van der Waals surface area contributed by atoms with E-state index in [-0.39, 0.29) is 0 Å². The van der Waals surface area contributed by atoms with Crippen LogP contribution in [0.4, 0.5) is 0 Å². The van der Waals surface area contributed by atoms with Crippen molar-refractivity contribution in [3.8, 4) is 0 Å². The van der Waals surface area contributed by atoms with Crippen LogP contribution in [-0.4, -0.2) is 15.3 Å². The van der Waals surface area contributed by atoms with Gasteiger partial charge in [0.15, 0.2) is 3.79 Å². The van der Waals surface area contributed by atoms with Crippen molar-refractivity contribution in [2.75, 3.05) is 6.26 Å². The molecule has 74 valence electrons. The zero-order chi connectivity index (χ0) is 9.78. The molecule has 0 saturated heterocycles. The molecule has 0 amide bonds. The van der Waals surface area contributed by atoms with Crippen molar-refractivity contribution in [3.63, 3.8) is 0 Å². The van der Waals surface area contributed by atoms with Gasteiger partial charge >= 0.3 is 0 Å². The van der Waals surface area contributed by atoms with E-state index >= 15 is 0 Å². The minimum atomic E-state index is -1.11. The summed E-state index contributed by atoms with van der Waals surface area (Å²) in [7, 11) is 3.49. The highest BCUT2D eigenvalue weighted by molar-refractivity contribution is 8.76. The highest BCUT2D eigenvalue weighted by atomic mass is 35.6. The van der Waals surface area contributed by atoms with E-state index in [1.54, 1.807) is 21.6 Å². The number of hydrogen-bond acceptors (Lipinski definition) is 2. The van der Waals surface area contributed by atoms with Crippen LogP contribution in [-0.2, 0) is 0 Å². The summed E-state index contributed by atoms with van der Waals surface area (Å²) >= 11 is 17.1. The molecule has 0 aliphatic rings. The van der Waals surface area contributed by atoms with E-state index in [9.17, 15) is 0 Å². The molecule has 12 heavy (non-hydrogen) atoms. The van der Waals surface area contributed by atoms with Gasteiger partial charge in [-0.3, -0.25) is 0 Å². The van der Waals surface area contributed by atoms with Crippen LogP contribution < -0.4 is 0 Å². The Morgan fingerprint density at radius 2 is 1.75 bits per heavy atom. The Kier molecular flexibility index (Phi) is 6.93. The fraction of sp³-hybridized carbons (Fsp3) is 1.00. The number of hydrogen-bond donors (Lipinski definition) is 0. The van der Waals surface area contributed by atoms with E-state index in [0.717, 1.165) is 0 Å². The van der Waals surface area contributed by atoms with Crippen molar-refractivity contribution in [3.05, 3.63) is 0 Å². The van der Waals surface area contributed by atoms with E-state index in [0.29, 0.717) is 17.6 Å². The average Bonchev–Trinajstić information content (AvgIpc) is 1.83. The van der Waals surface area contributed by atoms with Crippen molar-refractivity contribution >= 4 is 56.4 Å². The van der Waals surface area contributed by atoms with Gasteiger partial charge in [0, 0.05) is 11.7 Å². The van der Waals surface area contributed by atoms with Gasteiger partial charge in [0.25, 0.3) is 0 Å². The van der Waals surface area contributed by atoms with Crippen LogP contribution >= 0.6 is 56.4 Å². The first-order valence-electron chi connectivity index (χ1n) is 3.63. The molecule has 0 aromatic carbocycles. The predicted molar refractivity (Wildman–Crippen MR) is 64.6 cm³/mol. The third-order valence-corrected chi connectivity index (χ3v) is 4.33. The van der Waals surface area contributed by atoms with Gasteiger partial charge in [-0.2, -0.15) is 0 Å². The maximum absolute atomic E-state index is 5.72. The SMILES string of the molecule is CSS[C@@H](CC(Cl)(Cl)Cl)C(C)C. The second-order valence-electron chi connectivity index (χ2n) is 2.86. The minimum Gasteiger partial charge on any atom is -0.0973 e. The number of alkyl halides is 3. The summed E-state index contributed by atoms with van der Waals surface area (Å²) in [5, 5.41) is 0.410. The van der Waals surface area contributed by atoms with Gasteiger partial charge in [-0.05, 0) is 12.2 Å². The molecule has 0 radical (unpaired) electrons. The maximum Gasteiger partial charge on any atom is 0.191 e. The average molecular weight is 268 g/mol. The van der Waals surface area contributed by atoms with Crippen LogP contribution in [0.15, 0.2) is 0 Å². The third-order valence-electron chi connectivity index (χ3n) is 1.40. The molecule has 0 spiro atoms. The quantitative estimate of drug-likeness (QED) is 0.531. The summed E-state index contributed by atoms with van der Waals surface area (Å²) in [4.78, 5) is 0. The van der Waals surface area contributed by atoms with Gasteiger partial charge in [-0.1, -0.05) is 70.2 Å². The smallest absolute Gasteiger partial charge is 0.0973 e. The molecule has 0 bridgehead atoms. The molecule has 0 rings (SSSR count). The van der Waals surface area contributed by atoms with Crippen LogP contribution in [0.1, 0.15) is 20.3 Å². The molecule has 0 saturated carbocycles. The molecule has 0 nitrogen and oxygen atoms in total. The summed E-state index contributed by atoms with van der Waals surface area (Å²) in [6, 6.07) is 0. The lowest BCUT2D eigenvalue weighted by Crippen LogP contribution is -2.18. The third kappa shape index (κ3) is 7.02. The Labute approximate surface area is 97.5 Å². The fourth-order valence-corrected chi connectivity index (χ4v) is 3.91. The molecule has 1 atom stereocenters. The van der Waals surface area contributed by atoms with Crippen molar-refractivity contribution in [1.82, 2.24) is 0 Å². The van der Waals surface area contributed by atoms with Crippen LogP contribution in [0.2, 0.25) is 0 Å². The molecule has 0 heterocycles. The Balaban J connectivity index is 3.95. The maximum atomic E-state index is 5.72. The Hall–Kier alpha value is 1.57. The first-order valence-corrected chi connectivity index (χ1v) is 7.38. The summed E-state index contributed by atoms with van der Waals surface area (Å²) in [6.07, 6.45) is 2.65. The largest absolute Gasteiger partial charge is 0.191 e. The summed E-state index contributed by atoms with van der Waals surface area (Å²) in [5.41, 5.74) is 0. The van der Waals surface area contributed by atoms with E-state index < -0.39 is 3.79 Å². The normalized spacial score (nSPS) is 15.2. The molecule has 0 unspecified atom stereocenters. The van der Waals surface area contributed by atoms with Crippen molar-refractivity contribution in [2.24, 2.45) is 5.92 Å². The van der Waals surface area contributed by atoms with Gasteiger partial charge in [0.2, 0.25) is 0 Å². The zero-order valence-electron chi connectivity index (χ0n) is 7.31. The Morgan fingerprint density at radius 3 is 2.00 bits per heavy atom. The van der Waals surface area contributed by atoms with Crippen LogP contribution in [0, 0.1) is 5.92 Å². The predicted octanol–water partition coefficient (Wildman–Crippen LogP) is 4.78. The molecular formula is C7H13Cl3S2. The number of rotatable bonds is 4. The van der Waals surface area contributed by atoms with Gasteiger partial charge in [-0.15, -0.1) is 0 Å². The lowest BCUT2D eigenvalue weighted by Gasteiger charge is -2.22. The Morgan fingerprint density at radius 1 is 1.25 bits per heavy atom. The summed E-state index contributed by atoms with van der Waals surface area (Å²) in [6.45, 7) is 4.29. The molecule has 0 fully saturated rings. The fourth-order valence-electron chi connectivity index (χ4n) is 0.733. The molecule has 0 aliphatic heterocycles. The zero-order valence-corrected chi connectivity index (χ0v) is 11.2. The van der Waals surface area contributed by atoms with Gasteiger partial charge in [0.05, 0.1) is 0 Å². The molecule has 0 aromatic heterocycles. The monoisotopic (exact) mass is 266 g/mol. The minimum absolute atomic E-state index is 0.410. The first kappa shape index (κ1) is 13.6. The van der Waals surface area contributed by atoms with Gasteiger partial charge < -0.3 is 0 Å². The van der Waals surface area contributed by atoms with Crippen LogP contribution in [0.5, 0.6) is 0 Å². The standard InChI is InChI=1S/C7H13Cl3S2/c1-5(2)6(12-11-3)4-7(8,9)10/h5-6H,4H2,1-3H3/t6-/m0/s1. The molecule has 0 N–H and O–H groups in total. The second kappa shape index (κ2) is 6.13. The molecular weight excluding hydrogens is 255 g/mol. The van der Waals surface area contributed by atoms with E-state index in [4.69, 9.17) is 34.8 Å². The van der Waals surface area contributed by atoms with E-state index in [1.807, 2.05) is 6.26 Å². The summed E-state index contributed by atoms with van der Waals surface area (Å²) in [5.74, 6) is 0.540. The molecule has 0 aliphatic carbocycles. The van der Waals surface area contributed by atoms with E-state index in [2.05, 4.69) is 13.8 Å². The lowest BCUT2D eigenvalue weighted by atomic mass is 10.1.